The summed E-state index contributed by atoms with van der Waals surface area (Å²) in [5.41, 5.74) is 2.88. The van der Waals surface area contributed by atoms with Crippen molar-refractivity contribution in [3.63, 3.8) is 0 Å². The van der Waals surface area contributed by atoms with Gasteiger partial charge in [-0.1, -0.05) is 23.9 Å². The summed E-state index contributed by atoms with van der Waals surface area (Å²) in [6.07, 6.45) is 6.30. The Labute approximate surface area is 189 Å². The van der Waals surface area contributed by atoms with E-state index in [0.717, 1.165) is 29.7 Å². The van der Waals surface area contributed by atoms with E-state index in [1.807, 2.05) is 0 Å². The molecule has 0 spiro atoms. The van der Waals surface area contributed by atoms with Crippen LogP contribution in [0.2, 0.25) is 0 Å². The molecule has 1 fully saturated rings. The molecule has 1 saturated heterocycles. The third-order valence-electron chi connectivity index (χ3n) is 5.36. The number of amides is 1. The second-order valence-electron chi connectivity index (χ2n) is 7.43. The number of ether oxygens (including phenoxy) is 1. The largest absolute Gasteiger partial charge is 0.472 e. The molecule has 0 N–H and O–H groups in total. The molecule has 3 aromatic rings. The molecule has 0 saturated carbocycles. The number of nitrogens with zero attached hydrogens (tertiary/aromatic N) is 3. The summed E-state index contributed by atoms with van der Waals surface area (Å²) in [6, 6.07) is 7.83. The lowest BCUT2D eigenvalue weighted by Crippen LogP contribution is -2.39. The monoisotopic (exact) mass is 455 g/mol. The Morgan fingerprint density at radius 1 is 1.28 bits per heavy atom. The van der Waals surface area contributed by atoms with Gasteiger partial charge in [0.15, 0.2) is 5.16 Å². The second kappa shape index (κ2) is 9.95. The molecule has 1 amide bonds. The minimum atomic E-state index is -0.364. The average Bonchev–Trinajstić information content (AvgIpc) is 3.37. The molecular formula is C23H22FN3O4S. The van der Waals surface area contributed by atoms with Gasteiger partial charge in [-0.25, -0.2) is 14.4 Å². The number of hydrogen-bond acceptors (Lipinski definition) is 7. The molecule has 1 aliphatic rings. The van der Waals surface area contributed by atoms with Gasteiger partial charge in [-0.3, -0.25) is 9.59 Å². The van der Waals surface area contributed by atoms with Gasteiger partial charge < -0.3 is 14.1 Å². The molecule has 32 heavy (non-hydrogen) atoms. The lowest BCUT2D eigenvalue weighted by Gasteiger charge is -2.33. The van der Waals surface area contributed by atoms with Gasteiger partial charge >= 0.3 is 5.97 Å². The van der Waals surface area contributed by atoms with Crippen LogP contribution >= 0.6 is 11.8 Å². The van der Waals surface area contributed by atoms with Crippen LogP contribution in [0, 0.1) is 5.82 Å². The van der Waals surface area contributed by atoms with Crippen molar-refractivity contribution in [2.45, 2.75) is 23.9 Å². The van der Waals surface area contributed by atoms with Gasteiger partial charge in [0.05, 0.1) is 30.4 Å². The molecule has 1 aromatic carbocycles. The molecule has 1 aliphatic heterocycles. The van der Waals surface area contributed by atoms with Crippen molar-refractivity contribution >= 4 is 23.6 Å². The predicted octanol–water partition coefficient (Wildman–Crippen LogP) is 4.16. The smallest absolute Gasteiger partial charge is 0.316 e. The number of hydrogen-bond donors (Lipinski definition) is 0. The van der Waals surface area contributed by atoms with Crippen molar-refractivity contribution < 1.29 is 23.1 Å². The van der Waals surface area contributed by atoms with Crippen molar-refractivity contribution in [3.8, 4) is 11.1 Å². The van der Waals surface area contributed by atoms with Crippen LogP contribution in [0.4, 0.5) is 4.39 Å². The van der Waals surface area contributed by atoms with Gasteiger partial charge in [0, 0.05) is 30.8 Å². The van der Waals surface area contributed by atoms with Gasteiger partial charge in [-0.15, -0.1) is 0 Å². The molecule has 166 valence electrons. The summed E-state index contributed by atoms with van der Waals surface area (Å²) < 4.78 is 23.2. The van der Waals surface area contributed by atoms with Crippen molar-refractivity contribution in [1.29, 1.82) is 0 Å². The number of carbonyl (C=O) groups excluding carboxylic acids is 2. The van der Waals surface area contributed by atoms with Crippen LogP contribution < -0.4 is 0 Å². The Balaban J connectivity index is 1.64. The maximum absolute atomic E-state index is 13.5. The summed E-state index contributed by atoms with van der Waals surface area (Å²) >= 11 is 1.19. The van der Waals surface area contributed by atoms with E-state index in [9.17, 15) is 14.0 Å². The highest BCUT2D eigenvalue weighted by Gasteiger charge is 2.29. The highest BCUT2D eigenvalue weighted by Crippen LogP contribution is 2.34. The summed E-state index contributed by atoms with van der Waals surface area (Å²) in [5.74, 6) is -0.698. The number of benzene rings is 1. The SMILES string of the molecule is COC(=O)CSc1ncc(-c2ccc(F)cc2)c([C@@H]2CCCN(C(=O)c3ccoc3)C2)n1. The number of methoxy groups -OCH3 is 1. The fourth-order valence-corrected chi connectivity index (χ4v) is 4.40. The normalized spacial score (nSPS) is 16.1. The van der Waals surface area contributed by atoms with E-state index >= 15 is 0 Å². The topological polar surface area (TPSA) is 85.5 Å². The first kappa shape index (κ1) is 22.0. The Morgan fingerprint density at radius 3 is 2.81 bits per heavy atom. The van der Waals surface area contributed by atoms with Gasteiger partial charge in [-0.05, 0) is 36.6 Å². The first-order chi connectivity index (χ1) is 15.5. The molecule has 2 aromatic heterocycles. The number of thioether (sulfide) groups is 1. The molecule has 0 aliphatic carbocycles. The molecule has 4 rings (SSSR count). The summed E-state index contributed by atoms with van der Waals surface area (Å²) in [7, 11) is 1.33. The number of esters is 1. The zero-order valence-electron chi connectivity index (χ0n) is 17.5. The molecule has 0 radical (unpaired) electrons. The number of halogens is 1. The zero-order chi connectivity index (χ0) is 22.5. The highest BCUT2D eigenvalue weighted by atomic mass is 32.2. The Morgan fingerprint density at radius 2 is 2.09 bits per heavy atom. The number of piperidine rings is 1. The summed E-state index contributed by atoms with van der Waals surface area (Å²) in [4.78, 5) is 35.3. The number of rotatable bonds is 6. The summed E-state index contributed by atoms with van der Waals surface area (Å²) in [5, 5.41) is 0.453. The third kappa shape index (κ3) is 4.99. The fourth-order valence-electron chi connectivity index (χ4n) is 3.75. The minimum absolute atomic E-state index is 0.0277. The molecular weight excluding hydrogens is 433 g/mol. The van der Waals surface area contributed by atoms with Gasteiger partial charge in [0.1, 0.15) is 12.1 Å². The van der Waals surface area contributed by atoms with E-state index in [0.29, 0.717) is 23.8 Å². The highest BCUT2D eigenvalue weighted by molar-refractivity contribution is 7.99. The van der Waals surface area contributed by atoms with Crippen molar-refractivity contribution in [3.05, 3.63) is 66.1 Å². The standard InChI is InChI=1S/C23H22FN3O4S/c1-30-20(28)14-32-23-25-11-19(15-4-6-18(24)7-5-15)21(26-23)16-3-2-9-27(12-16)22(29)17-8-10-31-13-17/h4-8,10-11,13,16H,2-3,9,12,14H2,1H3/t16-/m1/s1. The number of aromatic nitrogens is 2. The van der Waals surface area contributed by atoms with Crippen LogP contribution in [0.3, 0.4) is 0 Å². The van der Waals surface area contributed by atoms with Gasteiger partial charge in [0.2, 0.25) is 0 Å². The lowest BCUT2D eigenvalue weighted by molar-refractivity contribution is -0.137. The van der Waals surface area contributed by atoms with E-state index in [4.69, 9.17) is 14.1 Å². The Kier molecular flexibility index (Phi) is 6.84. The van der Waals surface area contributed by atoms with Crippen molar-refractivity contribution in [1.82, 2.24) is 14.9 Å². The lowest BCUT2D eigenvalue weighted by atomic mass is 9.89. The van der Waals surface area contributed by atoms with Crippen molar-refractivity contribution in [2.75, 3.05) is 26.0 Å². The third-order valence-corrected chi connectivity index (χ3v) is 6.20. The maximum Gasteiger partial charge on any atom is 0.316 e. The molecule has 1 atom stereocenters. The van der Waals surface area contributed by atoms with Gasteiger partial charge in [0.25, 0.3) is 5.91 Å². The van der Waals surface area contributed by atoms with Crippen molar-refractivity contribution in [2.24, 2.45) is 0 Å². The van der Waals surface area contributed by atoms with E-state index in [2.05, 4.69) is 4.98 Å². The number of furan rings is 1. The van der Waals surface area contributed by atoms with Crippen LogP contribution in [0.1, 0.15) is 34.8 Å². The van der Waals surface area contributed by atoms with E-state index in [1.165, 1.54) is 43.5 Å². The number of carbonyl (C=O) groups is 2. The first-order valence-corrected chi connectivity index (χ1v) is 11.2. The summed E-state index contributed by atoms with van der Waals surface area (Å²) in [6.45, 7) is 1.15. The van der Waals surface area contributed by atoms with E-state index in [-0.39, 0.29) is 29.4 Å². The van der Waals surface area contributed by atoms with Crippen LogP contribution in [0.15, 0.2) is 58.6 Å². The quantitative estimate of drug-likeness (QED) is 0.313. The molecule has 7 nitrogen and oxygen atoms in total. The maximum atomic E-state index is 13.5. The fraction of sp³-hybridized carbons (Fsp3) is 0.304. The first-order valence-electron chi connectivity index (χ1n) is 10.2. The van der Waals surface area contributed by atoms with E-state index in [1.54, 1.807) is 29.3 Å². The molecule has 0 bridgehead atoms. The molecule has 3 heterocycles. The predicted molar refractivity (Wildman–Crippen MR) is 117 cm³/mol. The van der Waals surface area contributed by atoms with Crippen LogP contribution in [-0.2, 0) is 9.53 Å². The number of likely N-dealkylation sites (tertiary alicyclic amines) is 1. The van der Waals surface area contributed by atoms with Crippen LogP contribution in [-0.4, -0.2) is 52.7 Å². The van der Waals surface area contributed by atoms with Gasteiger partial charge in [-0.2, -0.15) is 0 Å². The van der Waals surface area contributed by atoms with E-state index < -0.39 is 0 Å². The Bertz CT molecular complexity index is 1090. The minimum Gasteiger partial charge on any atom is -0.472 e. The van der Waals surface area contributed by atoms with Crippen LogP contribution in [0.5, 0.6) is 0 Å². The average molecular weight is 456 g/mol. The molecule has 9 heteroatoms. The second-order valence-corrected chi connectivity index (χ2v) is 8.37. The zero-order valence-corrected chi connectivity index (χ0v) is 18.3. The Hall–Kier alpha value is -3.20. The van der Waals surface area contributed by atoms with Crippen LogP contribution in [0.25, 0.3) is 11.1 Å². The molecule has 0 unspecified atom stereocenters.